The molecule has 2 aromatic carbocycles. The van der Waals surface area contributed by atoms with Crippen molar-refractivity contribution in [1.29, 1.82) is 0 Å². The van der Waals surface area contributed by atoms with Crippen molar-refractivity contribution in [2.24, 2.45) is 5.92 Å². The Bertz CT molecular complexity index is 879. The van der Waals surface area contributed by atoms with E-state index >= 15 is 0 Å². The highest BCUT2D eigenvalue weighted by atomic mass is 32.2. The van der Waals surface area contributed by atoms with Gasteiger partial charge >= 0.3 is 0 Å². The van der Waals surface area contributed by atoms with Gasteiger partial charge in [-0.15, -0.1) is 0 Å². The largest absolute Gasteiger partial charge is 0.349 e. The molecule has 1 fully saturated rings. The lowest BCUT2D eigenvalue weighted by molar-refractivity contribution is -0.126. The van der Waals surface area contributed by atoms with Crippen molar-refractivity contribution in [1.82, 2.24) is 9.62 Å². The summed E-state index contributed by atoms with van der Waals surface area (Å²) in [7, 11) is -3.25. The number of amides is 1. The number of nitrogens with one attached hydrogen (secondary N) is 1. The summed E-state index contributed by atoms with van der Waals surface area (Å²) in [6, 6.07) is 18.2. The Kier molecular flexibility index (Phi) is 5.97. The van der Waals surface area contributed by atoms with Crippen molar-refractivity contribution >= 4 is 15.9 Å². The molecule has 1 aliphatic rings. The van der Waals surface area contributed by atoms with Crippen LogP contribution in [0.4, 0.5) is 0 Å². The second kappa shape index (κ2) is 8.23. The molecule has 0 radical (unpaired) electrons. The van der Waals surface area contributed by atoms with Gasteiger partial charge in [0.1, 0.15) is 0 Å². The average Bonchev–Trinajstić information content (AvgIpc) is 2.68. The first kappa shape index (κ1) is 19.6. The molecule has 2 unspecified atom stereocenters. The highest BCUT2D eigenvalue weighted by molar-refractivity contribution is 7.88. The Labute approximate surface area is 161 Å². The predicted molar refractivity (Wildman–Crippen MR) is 108 cm³/mol. The number of hydrogen-bond acceptors (Lipinski definition) is 3. The molecular formula is C21H26N2O3S. The van der Waals surface area contributed by atoms with Crippen LogP contribution in [0.2, 0.25) is 0 Å². The number of hydrogen-bond donors (Lipinski definition) is 1. The van der Waals surface area contributed by atoms with Crippen LogP contribution >= 0.6 is 0 Å². The number of rotatable bonds is 5. The van der Waals surface area contributed by atoms with Crippen LogP contribution in [0.5, 0.6) is 0 Å². The lowest BCUT2D eigenvalue weighted by atomic mass is 9.97. The second-order valence-electron chi connectivity index (χ2n) is 7.18. The van der Waals surface area contributed by atoms with Gasteiger partial charge in [-0.3, -0.25) is 4.79 Å². The van der Waals surface area contributed by atoms with Crippen molar-refractivity contribution in [3.05, 3.63) is 60.2 Å². The van der Waals surface area contributed by atoms with Crippen molar-refractivity contribution in [2.45, 2.75) is 25.8 Å². The highest BCUT2D eigenvalue weighted by Crippen LogP contribution is 2.23. The molecule has 1 amide bonds. The molecule has 144 valence electrons. The van der Waals surface area contributed by atoms with Crippen molar-refractivity contribution in [3.8, 4) is 11.1 Å². The Morgan fingerprint density at radius 1 is 1.07 bits per heavy atom. The minimum absolute atomic E-state index is 0.0806. The molecule has 0 bridgehead atoms. The molecule has 3 rings (SSSR count). The van der Waals surface area contributed by atoms with Crippen LogP contribution in [0, 0.1) is 5.92 Å². The smallest absolute Gasteiger partial charge is 0.224 e. The van der Waals surface area contributed by atoms with Crippen LogP contribution in [0.25, 0.3) is 11.1 Å². The molecule has 1 aliphatic heterocycles. The highest BCUT2D eigenvalue weighted by Gasteiger charge is 2.30. The molecule has 5 nitrogen and oxygen atoms in total. The molecule has 0 spiro atoms. The van der Waals surface area contributed by atoms with Crippen LogP contribution in [0.3, 0.4) is 0 Å². The van der Waals surface area contributed by atoms with E-state index in [1.165, 1.54) is 10.6 Å². The zero-order valence-electron chi connectivity index (χ0n) is 15.8. The minimum Gasteiger partial charge on any atom is -0.349 e. The summed E-state index contributed by atoms with van der Waals surface area (Å²) in [4.78, 5) is 12.6. The Morgan fingerprint density at radius 2 is 1.70 bits per heavy atom. The van der Waals surface area contributed by atoms with Gasteiger partial charge in [-0.25, -0.2) is 12.7 Å². The lowest BCUT2D eigenvalue weighted by Crippen LogP contribution is -2.45. The van der Waals surface area contributed by atoms with Crippen molar-refractivity contribution in [2.75, 3.05) is 19.3 Å². The van der Waals surface area contributed by atoms with Crippen LogP contribution in [-0.4, -0.2) is 38.0 Å². The lowest BCUT2D eigenvalue weighted by Gasteiger charge is -2.30. The van der Waals surface area contributed by atoms with Crippen molar-refractivity contribution < 1.29 is 13.2 Å². The molecule has 6 heteroatoms. The van der Waals surface area contributed by atoms with Gasteiger partial charge in [0, 0.05) is 13.1 Å². The van der Waals surface area contributed by atoms with E-state index in [0.717, 1.165) is 23.1 Å². The fraction of sp³-hybridized carbons (Fsp3) is 0.381. The maximum atomic E-state index is 12.6. The van der Waals surface area contributed by atoms with Crippen LogP contribution < -0.4 is 5.32 Å². The van der Waals surface area contributed by atoms with Gasteiger partial charge in [-0.05, 0) is 36.5 Å². The predicted octanol–water partition coefficient (Wildman–Crippen LogP) is 3.20. The third-order valence-electron chi connectivity index (χ3n) is 5.10. The van der Waals surface area contributed by atoms with E-state index in [2.05, 4.69) is 29.6 Å². The summed E-state index contributed by atoms with van der Waals surface area (Å²) >= 11 is 0. The van der Waals surface area contributed by atoms with Gasteiger partial charge in [0.25, 0.3) is 0 Å². The van der Waals surface area contributed by atoms with Crippen LogP contribution in [0.1, 0.15) is 31.4 Å². The van der Waals surface area contributed by atoms with Gasteiger partial charge in [-0.2, -0.15) is 0 Å². The molecule has 2 atom stereocenters. The van der Waals surface area contributed by atoms with Gasteiger partial charge in [-0.1, -0.05) is 54.6 Å². The third kappa shape index (κ3) is 4.96. The summed E-state index contributed by atoms with van der Waals surface area (Å²) in [5.74, 6) is -0.373. The molecule has 0 saturated carbocycles. The Balaban J connectivity index is 1.63. The molecule has 1 heterocycles. The van der Waals surface area contributed by atoms with Crippen molar-refractivity contribution in [3.63, 3.8) is 0 Å². The second-order valence-corrected chi connectivity index (χ2v) is 9.16. The van der Waals surface area contributed by atoms with Crippen LogP contribution in [0.15, 0.2) is 54.6 Å². The quantitative estimate of drug-likeness (QED) is 0.858. The summed E-state index contributed by atoms with van der Waals surface area (Å²) in [5.41, 5.74) is 3.32. The normalized spacial score (nSPS) is 19.4. The number of carbonyl (C=O) groups excluding carboxylic acids is 1. The van der Waals surface area contributed by atoms with E-state index in [1.807, 2.05) is 37.3 Å². The number of carbonyl (C=O) groups is 1. The Hall–Kier alpha value is -2.18. The van der Waals surface area contributed by atoms with E-state index in [0.29, 0.717) is 13.0 Å². The fourth-order valence-electron chi connectivity index (χ4n) is 3.47. The SMILES string of the molecule is CC(NC(=O)C1CCCN(S(C)(=O)=O)C1)c1ccc(-c2ccccc2)cc1. The van der Waals surface area contributed by atoms with E-state index in [4.69, 9.17) is 0 Å². The number of sulfonamides is 1. The van der Waals surface area contributed by atoms with E-state index in [-0.39, 0.29) is 24.4 Å². The summed E-state index contributed by atoms with van der Waals surface area (Å²) in [5, 5.41) is 3.04. The zero-order valence-corrected chi connectivity index (χ0v) is 16.6. The third-order valence-corrected chi connectivity index (χ3v) is 6.37. The van der Waals surface area contributed by atoms with Crippen LogP contribution in [-0.2, 0) is 14.8 Å². The number of nitrogens with zero attached hydrogens (tertiary/aromatic N) is 1. The molecule has 27 heavy (non-hydrogen) atoms. The number of benzene rings is 2. The minimum atomic E-state index is -3.25. The van der Waals surface area contributed by atoms with E-state index in [1.54, 1.807) is 0 Å². The first-order chi connectivity index (χ1) is 12.8. The van der Waals surface area contributed by atoms with Gasteiger partial charge in [0.2, 0.25) is 15.9 Å². The molecule has 0 aromatic heterocycles. The maximum Gasteiger partial charge on any atom is 0.224 e. The Morgan fingerprint density at radius 3 is 2.33 bits per heavy atom. The first-order valence-electron chi connectivity index (χ1n) is 9.25. The maximum absolute atomic E-state index is 12.6. The molecule has 1 saturated heterocycles. The summed E-state index contributed by atoms with van der Waals surface area (Å²) in [6.45, 7) is 2.72. The van der Waals surface area contributed by atoms with Gasteiger partial charge in [0.15, 0.2) is 0 Å². The number of piperidine rings is 1. The first-order valence-corrected chi connectivity index (χ1v) is 11.1. The monoisotopic (exact) mass is 386 g/mol. The zero-order chi connectivity index (χ0) is 19.4. The molecular weight excluding hydrogens is 360 g/mol. The summed E-state index contributed by atoms with van der Waals surface area (Å²) in [6.07, 6.45) is 2.63. The molecule has 2 aromatic rings. The van der Waals surface area contributed by atoms with E-state index in [9.17, 15) is 13.2 Å². The van der Waals surface area contributed by atoms with Gasteiger partial charge < -0.3 is 5.32 Å². The summed E-state index contributed by atoms with van der Waals surface area (Å²) < 4.78 is 24.9. The average molecular weight is 387 g/mol. The van der Waals surface area contributed by atoms with E-state index < -0.39 is 10.0 Å². The molecule has 0 aliphatic carbocycles. The van der Waals surface area contributed by atoms with Gasteiger partial charge in [0.05, 0.1) is 18.2 Å². The molecule has 1 N–H and O–H groups in total. The fourth-order valence-corrected chi connectivity index (χ4v) is 4.38. The topological polar surface area (TPSA) is 66.5 Å². The standard InChI is InChI=1S/C21H26N2O3S/c1-16(17-10-12-19(13-11-17)18-7-4-3-5-8-18)22-21(24)20-9-6-14-23(15-20)27(2,25)26/h3-5,7-8,10-13,16,20H,6,9,14-15H2,1-2H3,(H,22,24).